The van der Waals surface area contributed by atoms with Crippen molar-refractivity contribution in [2.75, 3.05) is 6.54 Å². The highest BCUT2D eigenvalue weighted by molar-refractivity contribution is 5.84. The fraction of sp³-hybridized carbons (Fsp3) is 0.750. The maximum absolute atomic E-state index is 11.6. The number of hydrogen-bond donors (Lipinski definition) is 1. The van der Waals surface area contributed by atoms with Crippen molar-refractivity contribution in [2.45, 2.75) is 51.0 Å². The molecule has 2 nitrogen and oxygen atoms in total. The van der Waals surface area contributed by atoms with Crippen molar-refractivity contribution in [3.05, 3.63) is 12.7 Å². The van der Waals surface area contributed by atoms with E-state index in [1.165, 1.54) is 6.42 Å². The Kier molecular flexibility index (Phi) is 5.53. The highest BCUT2D eigenvalue weighted by atomic mass is 16.1. The summed E-state index contributed by atoms with van der Waals surface area (Å²) in [5.74, 6) is 0.418. The molecule has 0 aromatic rings. The molecule has 1 unspecified atom stereocenters. The van der Waals surface area contributed by atoms with E-state index in [4.69, 9.17) is 0 Å². The highest BCUT2D eigenvalue weighted by Gasteiger charge is 2.20. The number of ketones is 1. The predicted octanol–water partition coefficient (Wildman–Crippen LogP) is 2.44. The summed E-state index contributed by atoms with van der Waals surface area (Å²) in [4.78, 5) is 11.6. The van der Waals surface area contributed by atoms with E-state index in [9.17, 15) is 4.79 Å². The molecule has 1 heterocycles. The Morgan fingerprint density at radius 3 is 2.93 bits per heavy atom. The number of hydrogen-bond acceptors (Lipinski definition) is 2. The first-order valence-electron chi connectivity index (χ1n) is 5.71. The van der Waals surface area contributed by atoms with Gasteiger partial charge in [0.05, 0.1) is 6.04 Å². The summed E-state index contributed by atoms with van der Waals surface area (Å²) in [5, 5.41) is 3.24. The SMILES string of the molecule is C=CCCCCCC(=O)C1CCCN1. The minimum atomic E-state index is 0.175. The lowest BCUT2D eigenvalue weighted by atomic mass is 10.0. The monoisotopic (exact) mass is 195 g/mol. The third kappa shape index (κ3) is 4.05. The van der Waals surface area contributed by atoms with E-state index >= 15 is 0 Å². The van der Waals surface area contributed by atoms with Crippen LogP contribution in [0.25, 0.3) is 0 Å². The molecular formula is C12H21NO. The molecule has 1 N–H and O–H groups in total. The standard InChI is InChI=1S/C12H21NO/c1-2-3-4-5-6-9-12(14)11-8-7-10-13-11/h2,11,13H,1,3-10H2. The van der Waals surface area contributed by atoms with Crippen molar-refractivity contribution in [2.24, 2.45) is 0 Å². The molecule has 1 saturated heterocycles. The lowest BCUT2D eigenvalue weighted by Gasteiger charge is -2.07. The predicted molar refractivity (Wildman–Crippen MR) is 59.3 cm³/mol. The van der Waals surface area contributed by atoms with E-state index in [0.29, 0.717) is 5.78 Å². The molecule has 0 radical (unpaired) electrons. The van der Waals surface area contributed by atoms with E-state index in [2.05, 4.69) is 11.9 Å². The molecule has 14 heavy (non-hydrogen) atoms. The molecule has 1 aliphatic rings. The van der Waals surface area contributed by atoms with E-state index in [1.807, 2.05) is 6.08 Å². The number of allylic oxidation sites excluding steroid dienone is 1. The summed E-state index contributed by atoms with van der Waals surface area (Å²) in [7, 11) is 0. The van der Waals surface area contributed by atoms with Crippen LogP contribution in [-0.4, -0.2) is 18.4 Å². The molecule has 0 amide bonds. The molecule has 0 aromatic heterocycles. The molecule has 1 aliphatic heterocycles. The van der Waals surface area contributed by atoms with Gasteiger partial charge in [-0.1, -0.05) is 12.5 Å². The molecule has 0 saturated carbocycles. The average Bonchev–Trinajstić information content (AvgIpc) is 2.70. The number of rotatable bonds is 7. The molecule has 0 spiro atoms. The summed E-state index contributed by atoms with van der Waals surface area (Å²) in [6.45, 7) is 4.70. The van der Waals surface area contributed by atoms with Crippen LogP contribution >= 0.6 is 0 Å². The Morgan fingerprint density at radius 2 is 2.29 bits per heavy atom. The van der Waals surface area contributed by atoms with Crippen LogP contribution in [0.5, 0.6) is 0 Å². The zero-order valence-electron chi connectivity index (χ0n) is 8.93. The minimum Gasteiger partial charge on any atom is -0.307 e. The zero-order chi connectivity index (χ0) is 10.2. The van der Waals surface area contributed by atoms with Gasteiger partial charge in [-0.05, 0) is 38.6 Å². The van der Waals surface area contributed by atoms with Gasteiger partial charge in [-0.3, -0.25) is 4.79 Å². The number of carbonyl (C=O) groups excluding carboxylic acids is 1. The van der Waals surface area contributed by atoms with Crippen molar-refractivity contribution < 1.29 is 4.79 Å². The fourth-order valence-electron chi connectivity index (χ4n) is 1.90. The van der Waals surface area contributed by atoms with Gasteiger partial charge in [0, 0.05) is 6.42 Å². The van der Waals surface area contributed by atoms with Crippen molar-refractivity contribution in [1.29, 1.82) is 0 Å². The third-order valence-corrected chi connectivity index (χ3v) is 2.78. The van der Waals surface area contributed by atoms with Crippen molar-refractivity contribution in [1.82, 2.24) is 5.32 Å². The minimum absolute atomic E-state index is 0.175. The summed E-state index contributed by atoms with van der Waals surface area (Å²) >= 11 is 0. The van der Waals surface area contributed by atoms with E-state index in [-0.39, 0.29) is 6.04 Å². The van der Waals surface area contributed by atoms with Crippen LogP contribution in [0.4, 0.5) is 0 Å². The summed E-state index contributed by atoms with van der Waals surface area (Å²) < 4.78 is 0. The second kappa shape index (κ2) is 6.77. The quantitative estimate of drug-likeness (QED) is 0.499. The van der Waals surface area contributed by atoms with Crippen LogP contribution in [0.3, 0.4) is 0 Å². The van der Waals surface area contributed by atoms with Gasteiger partial charge in [-0.2, -0.15) is 0 Å². The molecule has 1 fully saturated rings. The summed E-state index contributed by atoms with van der Waals surface area (Å²) in [6.07, 6.45) is 9.37. The number of Topliss-reactive ketones (excluding diaryl/α,β-unsaturated/α-hetero) is 1. The van der Waals surface area contributed by atoms with Crippen LogP contribution in [0.2, 0.25) is 0 Å². The fourth-order valence-corrected chi connectivity index (χ4v) is 1.90. The molecule has 0 aromatic carbocycles. The number of carbonyl (C=O) groups is 1. The largest absolute Gasteiger partial charge is 0.307 e. The van der Waals surface area contributed by atoms with Gasteiger partial charge in [-0.25, -0.2) is 0 Å². The second-order valence-electron chi connectivity index (χ2n) is 4.00. The van der Waals surface area contributed by atoms with Crippen LogP contribution in [-0.2, 0) is 4.79 Å². The zero-order valence-corrected chi connectivity index (χ0v) is 8.93. The summed E-state index contributed by atoms with van der Waals surface area (Å²) in [5.41, 5.74) is 0. The van der Waals surface area contributed by atoms with Crippen LogP contribution in [0, 0.1) is 0 Å². The van der Waals surface area contributed by atoms with Gasteiger partial charge in [0.15, 0.2) is 0 Å². The number of unbranched alkanes of at least 4 members (excludes halogenated alkanes) is 3. The molecule has 2 heteroatoms. The first kappa shape index (κ1) is 11.4. The third-order valence-electron chi connectivity index (χ3n) is 2.78. The van der Waals surface area contributed by atoms with Crippen LogP contribution < -0.4 is 5.32 Å². The first-order chi connectivity index (χ1) is 6.84. The van der Waals surface area contributed by atoms with Gasteiger partial charge in [-0.15, -0.1) is 6.58 Å². The first-order valence-corrected chi connectivity index (χ1v) is 5.71. The maximum Gasteiger partial charge on any atom is 0.149 e. The molecule has 0 bridgehead atoms. The van der Waals surface area contributed by atoms with Gasteiger partial charge in [0.1, 0.15) is 5.78 Å². The molecule has 1 rings (SSSR count). The van der Waals surface area contributed by atoms with Gasteiger partial charge < -0.3 is 5.32 Å². The normalized spacial score (nSPS) is 21.0. The van der Waals surface area contributed by atoms with Crippen molar-refractivity contribution >= 4 is 5.78 Å². The smallest absolute Gasteiger partial charge is 0.149 e. The van der Waals surface area contributed by atoms with Crippen LogP contribution in [0.15, 0.2) is 12.7 Å². The maximum atomic E-state index is 11.6. The Balaban J connectivity index is 2.00. The second-order valence-corrected chi connectivity index (χ2v) is 4.00. The van der Waals surface area contributed by atoms with E-state index < -0.39 is 0 Å². The Labute approximate surface area is 86.8 Å². The lowest BCUT2D eigenvalue weighted by molar-refractivity contribution is -0.120. The van der Waals surface area contributed by atoms with Crippen LogP contribution in [0.1, 0.15) is 44.9 Å². The molecular weight excluding hydrogens is 174 g/mol. The molecule has 1 atom stereocenters. The Hall–Kier alpha value is -0.630. The average molecular weight is 195 g/mol. The van der Waals surface area contributed by atoms with Crippen molar-refractivity contribution in [3.8, 4) is 0 Å². The number of nitrogens with one attached hydrogen (secondary N) is 1. The summed E-state index contributed by atoms with van der Waals surface area (Å²) in [6, 6.07) is 0.175. The molecule has 0 aliphatic carbocycles. The van der Waals surface area contributed by atoms with E-state index in [0.717, 1.165) is 45.1 Å². The Bertz CT molecular complexity index is 183. The van der Waals surface area contributed by atoms with E-state index in [1.54, 1.807) is 0 Å². The van der Waals surface area contributed by atoms with Gasteiger partial charge in [0.25, 0.3) is 0 Å². The molecule has 80 valence electrons. The lowest BCUT2D eigenvalue weighted by Crippen LogP contribution is -2.30. The topological polar surface area (TPSA) is 29.1 Å². The van der Waals surface area contributed by atoms with Gasteiger partial charge >= 0.3 is 0 Å². The highest BCUT2D eigenvalue weighted by Crippen LogP contribution is 2.11. The Morgan fingerprint density at radius 1 is 1.43 bits per heavy atom. The van der Waals surface area contributed by atoms with Crippen molar-refractivity contribution in [3.63, 3.8) is 0 Å². The van der Waals surface area contributed by atoms with Gasteiger partial charge in [0.2, 0.25) is 0 Å².